The Morgan fingerprint density at radius 1 is 1.14 bits per heavy atom. The molecule has 6 nitrogen and oxygen atoms in total. The van der Waals surface area contributed by atoms with Gasteiger partial charge < -0.3 is 19.9 Å². The number of halogens is 3. The van der Waals surface area contributed by atoms with E-state index >= 15 is 0 Å². The Hall–Kier alpha value is -4.01. The van der Waals surface area contributed by atoms with Crippen LogP contribution in [0.5, 0.6) is 0 Å². The van der Waals surface area contributed by atoms with Gasteiger partial charge in [0.2, 0.25) is 5.91 Å². The van der Waals surface area contributed by atoms with Gasteiger partial charge in [-0.2, -0.15) is 0 Å². The van der Waals surface area contributed by atoms with Crippen LogP contribution >= 0.6 is 0 Å². The van der Waals surface area contributed by atoms with Crippen LogP contribution in [0.4, 0.5) is 13.2 Å². The van der Waals surface area contributed by atoms with Crippen LogP contribution in [-0.2, 0) is 27.5 Å². The second-order valence-corrected chi connectivity index (χ2v) is 9.43. The number of hydrogen-bond acceptors (Lipinski definition) is 4. The Morgan fingerprint density at radius 3 is 2.59 bits per heavy atom. The molecule has 3 aliphatic rings. The van der Waals surface area contributed by atoms with Crippen LogP contribution in [0.3, 0.4) is 0 Å². The second-order valence-electron chi connectivity index (χ2n) is 9.43. The molecule has 37 heavy (non-hydrogen) atoms. The summed E-state index contributed by atoms with van der Waals surface area (Å²) in [5, 5.41) is 2.53. The number of rotatable bonds is 6. The van der Waals surface area contributed by atoms with Crippen LogP contribution in [0, 0.1) is 17.5 Å². The van der Waals surface area contributed by atoms with Gasteiger partial charge in [-0.25, -0.2) is 13.2 Å². The molecule has 2 aromatic rings. The molecule has 3 heterocycles. The van der Waals surface area contributed by atoms with E-state index in [4.69, 9.17) is 4.74 Å². The number of amides is 2. The molecule has 3 aliphatic heterocycles. The molecule has 0 aromatic heterocycles. The predicted octanol–water partition coefficient (Wildman–Crippen LogP) is 4.30. The van der Waals surface area contributed by atoms with Crippen LogP contribution in [0.15, 0.2) is 77.3 Å². The molecule has 192 valence electrons. The van der Waals surface area contributed by atoms with Crippen molar-refractivity contribution in [2.45, 2.75) is 39.0 Å². The van der Waals surface area contributed by atoms with Crippen molar-refractivity contribution in [3.05, 3.63) is 106 Å². The molecule has 1 N–H and O–H groups in total. The van der Waals surface area contributed by atoms with Crippen molar-refractivity contribution in [3.8, 4) is 0 Å². The summed E-state index contributed by atoms with van der Waals surface area (Å²) < 4.78 is 47.5. The summed E-state index contributed by atoms with van der Waals surface area (Å²) in [6, 6.07) is 10.5. The largest absolute Gasteiger partial charge is 0.491 e. The summed E-state index contributed by atoms with van der Waals surface area (Å²) in [4.78, 5) is 30.1. The SMILES string of the molecule is CC1=CCN2C[C@H](C1)N1C=C(C(=O)NCc3c(F)cc(F)cc3F)CC(OCc3ccccc3)=C1C2=O. The van der Waals surface area contributed by atoms with Gasteiger partial charge >= 0.3 is 0 Å². The van der Waals surface area contributed by atoms with Crippen molar-refractivity contribution < 1.29 is 27.5 Å². The van der Waals surface area contributed by atoms with Gasteiger partial charge in [0, 0.05) is 55.5 Å². The Bertz CT molecular complexity index is 1310. The normalized spacial score (nSPS) is 19.1. The van der Waals surface area contributed by atoms with Crippen LogP contribution in [0.1, 0.15) is 30.9 Å². The van der Waals surface area contributed by atoms with E-state index < -0.39 is 35.5 Å². The molecule has 9 heteroatoms. The Labute approximate surface area is 212 Å². The molecule has 0 aliphatic carbocycles. The molecular formula is C28H26F3N3O3. The monoisotopic (exact) mass is 509 g/mol. The molecule has 1 saturated heterocycles. The van der Waals surface area contributed by atoms with Gasteiger partial charge in [-0.1, -0.05) is 42.0 Å². The number of fused-ring (bicyclic) bond motifs is 4. The minimum atomic E-state index is -1.08. The van der Waals surface area contributed by atoms with Crippen molar-refractivity contribution >= 4 is 11.8 Å². The number of ether oxygens (including phenoxy) is 1. The fourth-order valence-corrected chi connectivity index (χ4v) is 4.84. The van der Waals surface area contributed by atoms with Gasteiger partial charge in [0.15, 0.2) is 0 Å². The highest BCUT2D eigenvalue weighted by atomic mass is 19.1. The minimum Gasteiger partial charge on any atom is -0.491 e. The lowest BCUT2D eigenvalue weighted by Crippen LogP contribution is -2.53. The van der Waals surface area contributed by atoms with Crippen LogP contribution in [0.25, 0.3) is 0 Å². The summed E-state index contributed by atoms with van der Waals surface area (Å²) >= 11 is 0. The molecule has 2 aromatic carbocycles. The van der Waals surface area contributed by atoms with E-state index in [1.54, 1.807) is 16.0 Å². The van der Waals surface area contributed by atoms with Gasteiger partial charge in [-0.15, -0.1) is 0 Å². The Kier molecular flexibility index (Phi) is 6.78. The lowest BCUT2D eigenvalue weighted by atomic mass is 9.98. The first-order valence-corrected chi connectivity index (χ1v) is 12.1. The highest BCUT2D eigenvalue weighted by Crippen LogP contribution is 2.36. The summed E-state index contributed by atoms with van der Waals surface area (Å²) in [7, 11) is 0. The standard InChI is InChI=1S/C28H26F3N3O3/c1-17-7-8-33-15-21(9-17)34-14-19(27(35)32-13-22-23(30)11-20(29)12-24(22)31)10-25(26(34)28(33)36)37-16-18-5-3-2-4-6-18/h2-7,11-12,14,21H,8-10,13,15-16H2,1H3,(H,32,35)/t21-/m0/s1. The number of carbonyl (C=O) groups excluding carboxylic acids is 2. The number of piperazine rings is 1. The molecule has 0 radical (unpaired) electrons. The summed E-state index contributed by atoms with van der Waals surface area (Å²) in [5.41, 5.74) is 2.31. The van der Waals surface area contributed by atoms with E-state index in [0.29, 0.717) is 48.7 Å². The van der Waals surface area contributed by atoms with Gasteiger partial charge in [0.1, 0.15) is 35.5 Å². The van der Waals surface area contributed by atoms with E-state index in [1.807, 2.05) is 43.3 Å². The molecule has 0 spiro atoms. The molecular weight excluding hydrogens is 483 g/mol. The highest BCUT2D eigenvalue weighted by Gasteiger charge is 2.41. The molecule has 1 fully saturated rings. The number of benzene rings is 2. The number of nitrogens with one attached hydrogen (secondary N) is 1. The second kappa shape index (κ2) is 10.2. The molecule has 0 saturated carbocycles. The third-order valence-electron chi connectivity index (χ3n) is 6.78. The number of allylic oxidation sites excluding steroid dienone is 1. The lowest BCUT2D eigenvalue weighted by Gasteiger charge is -2.43. The third-order valence-corrected chi connectivity index (χ3v) is 6.78. The zero-order valence-corrected chi connectivity index (χ0v) is 20.3. The quantitative estimate of drug-likeness (QED) is 0.590. The third kappa shape index (κ3) is 5.12. The van der Waals surface area contributed by atoms with Crippen molar-refractivity contribution in [2.75, 3.05) is 13.1 Å². The van der Waals surface area contributed by atoms with Crippen LogP contribution in [-0.4, -0.2) is 40.7 Å². The minimum absolute atomic E-state index is 0.0393. The summed E-state index contributed by atoms with van der Waals surface area (Å²) in [5.74, 6) is -3.54. The van der Waals surface area contributed by atoms with Crippen molar-refractivity contribution in [2.24, 2.45) is 0 Å². The summed E-state index contributed by atoms with van der Waals surface area (Å²) in [6.45, 7) is 2.78. The van der Waals surface area contributed by atoms with Gasteiger partial charge in [-0.3, -0.25) is 9.59 Å². The van der Waals surface area contributed by atoms with E-state index in [9.17, 15) is 22.8 Å². The number of carbonyl (C=O) groups is 2. The van der Waals surface area contributed by atoms with E-state index in [2.05, 4.69) is 5.32 Å². The predicted molar refractivity (Wildman–Crippen MR) is 130 cm³/mol. The van der Waals surface area contributed by atoms with Crippen molar-refractivity contribution in [3.63, 3.8) is 0 Å². The molecule has 0 unspecified atom stereocenters. The average molecular weight is 510 g/mol. The fourth-order valence-electron chi connectivity index (χ4n) is 4.84. The zero-order valence-electron chi connectivity index (χ0n) is 20.3. The molecule has 5 rings (SSSR count). The first kappa shape index (κ1) is 24.7. The smallest absolute Gasteiger partial charge is 0.274 e. The first-order valence-electron chi connectivity index (χ1n) is 12.1. The van der Waals surface area contributed by atoms with Crippen molar-refractivity contribution in [1.82, 2.24) is 15.1 Å². The lowest BCUT2D eigenvalue weighted by molar-refractivity contribution is -0.132. The molecule has 2 amide bonds. The highest BCUT2D eigenvalue weighted by molar-refractivity contribution is 5.98. The average Bonchev–Trinajstić information content (AvgIpc) is 3.05. The van der Waals surface area contributed by atoms with E-state index in [1.165, 1.54) is 0 Å². The zero-order chi connectivity index (χ0) is 26.1. The van der Waals surface area contributed by atoms with E-state index in [-0.39, 0.29) is 25.0 Å². The maximum absolute atomic E-state index is 14.1. The first-order chi connectivity index (χ1) is 17.8. The fraction of sp³-hybridized carbons (Fsp3) is 0.286. The Morgan fingerprint density at radius 2 is 1.86 bits per heavy atom. The summed E-state index contributed by atoms with van der Waals surface area (Å²) in [6.07, 6.45) is 4.41. The van der Waals surface area contributed by atoms with Gasteiger partial charge in [-0.05, 0) is 18.9 Å². The van der Waals surface area contributed by atoms with Gasteiger partial charge in [0.25, 0.3) is 5.91 Å². The maximum atomic E-state index is 14.1. The molecule has 1 atom stereocenters. The van der Waals surface area contributed by atoms with Crippen LogP contribution < -0.4 is 5.32 Å². The maximum Gasteiger partial charge on any atom is 0.274 e. The number of hydrogen-bond donors (Lipinski definition) is 1. The van der Waals surface area contributed by atoms with E-state index in [0.717, 1.165) is 11.1 Å². The Balaban J connectivity index is 1.42. The number of nitrogens with zero attached hydrogens (tertiary/aromatic N) is 2. The topological polar surface area (TPSA) is 61.9 Å². The molecule has 2 bridgehead atoms. The van der Waals surface area contributed by atoms with Gasteiger partial charge in [0.05, 0.1) is 6.04 Å². The van der Waals surface area contributed by atoms with Crippen molar-refractivity contribution in [1.29, 1.82) is 0 Å². The van der Waals surface area contributed by atoms with Crippen LogP contribution in [0.2, 0.25) is 0 Å².